The van der Waals surface area contributed by atoms with Gasteiger partial charge in [-0.2, -0.15) is 0 Å². The lowest BCUT2D eigenvalue weighted by molar-refractivity contribution is 1.38. The minimum Gasteiger partial charge on any atom is -0.287 e. The summed E-state index contributed by atoms with van der Waals surface area (Å²) in [5.74, 6) is 0. The minimum absolute atomic E-state index is 0.975. The van der Waals surface area contributed by atoms with Crippen molar-refractivity contribution < 1.29 is 0 Å². The van der Waals surface area contributed by atoms with Crippen LogP contribution < -0.4 is 0 Å². The minimum atomic E-state index is 0.975. The van der Waals surface area contributed by atoms with Crippen LogP contribution in [0.4, 0.5) is 0 Å². The molecule has 0 atom stereocenters. The van der Waals surface area contributed by atoms with Crippen molar-refractivity contribution in [2.45, 2.75) is 0 Å². The van der Waals surface area contributed by atoms with Crippen LogP contribution in [0.25, 0.3) is 0 Å². The number of hydrogen-bond acceptors (Lipinski definition) is 2. The van der Waals surface area contributed by atoms with Crippen LogP contribution in [0, 0.1) is 0 Å². The summed E-state index contributed by atoms with van der Waals surface area (Å²) >= 11 is 0. The van der Waals surface area contributed by atoms with Gasteiger partial charge in [-0.25, -0.2) is 0 Å². The first-order valence-corrected chi connectivity index (χ1v) is 7.99. The SMILES string of the molecule is CN=C(c1ccccc1)c1ccccc1C(=NC)c1ccccc1. The van der Waals surface area contributed by atoms with Crippen molar-refractivity contribution in [1.29, 1.82) is 0 Å². The number of benzene rings is 3. The normalized spacial score (nSPS) is 12.2. The summed E-state index contributed by atoms with van der Waals surface area (Å²) < 4.78 is 0. The lowest BCUT2D eigenvalue weighted by Crippen LogP contribution is -2.12. The van der Waals surface area contributed by atoms with Gasteiger partial charge >= 0.3 is 0 Å². The van der Waals surface area contributed by atoms with Crippen molar-refractivity contribution in [2.75, 3.05) is 14.1 Å². The van der Waals surface area contributed by atoms with Crippen molar-refractivity contribution in [1.82, 2.24) is 0 Å². The van der Waals surface area contributed by atoms with E-state index in [0.717, 1.165) is 33.7 Å². The molecule has 0 saturated heterocycles. The van der Waals surface area contributed by atoms with Gasteiger partial charge in [-0.3, -0.25) is 9.98 Å². The Hall–Kier alpha value is -3.00. The maximum atomic E-state index is 4.56. The number of hydrogen-bond donors (Lipinski definition) is 0. The Bertz CT molecular complexity index is 788. The molecule has 0 radical (unpaired) electrons. The highest BCUT2D eigenvalue weighted by Gasteiger charge is 2.15. The Balaban J connectivity index is 2.15. The zero-order valence-corrected chi connectivity index (χ0v) is 14.0. The molecule has 0 heterocycles. The molecule has 0 aliphatic rings. The molecule has 0 fully saturated rings. The zero-order chi connectivity index (χ0) is 16.8. The molecular weight excluding hydrogens is 292 g/mol. The molecule has 0 saturated carbocycles. The Morgan fingerprint density at radius 2 is 0.833 bits per heavy atom. The molecule has 0 amide bonds. The number of nitrogens with zero attached hydrogens (tertiary/aromatic N) is 2. The molecular formula is C22H20N2. The highest BCUT2D eigenvalue weighted by atomic mass is 14.7. The van der Waals surface area contributed by atoms with Crippen LogP contribution >= 0.6 is 0 Å². The lowest BCUT2D eigenvalue weighted by atomic mass is 9.92. The standard InChI is InChI=1S/C22H20N2/c1-23-21(17-11-5-3-6-12-17)19-15-9-10-16-20(19)22(24-2)18-13-7-4-8-14-18/h3-16H,1-2H3. The van der Waals surface area contributed by atoms with E-state index in [0.29, 0.717) is 0 Å². The maximum Gasteiger partial charge on any atom is 0.0722 e. The Morgan fingerprint density at radius 1 is 0.500 bits per heavy atom. The molecule has 2 nitrogen and oxygen atoms in total. The molecule has 3 rings (SSSR count). The van der Waals surface area contributed by atoms with Crippen LogP contribution in [0.1, 0.15) is 22.3 Å². The van der Waals surface area contributed by atoms with Crippen LogP contribution in [0.5, 0.6) is 0 Å². The van der Waals surface area contributed by atoms with Gasteiger partial charge in [0.2, 0.25) is 0 Å². The topological polar surface area (TPSA) is 24.7 Å². The number of aliphatic imine (C=N–C) groups is 2. The Morgan fingerprint density at radius 3 is 1.17 bits per heavy atom. The van der Waals surface area contributed by atoms with Gasteiger partial charge in [0.15, 0.2) is 0 Å². The fraction of sp³-hybridized carbons (Fsp3) is 0.0909. The van der Waals surface area contributed by atoms with E-state index in [1.807, 2.05) is 62.6 Å². The molecule has 0 bridgehead atoms. The monoisotopic (exact) mass is 312 g/mol. The van der Waals surface area contributed by atoms with Crippen molar-refractivity contribution in [3.8, 4) is 0 Å². The van der Waals surface area contributed by atoms with E-state index in [4.69, 9.17) is 0 Å². The van der Waals surface area contributed by atoms with Gasteiger partial charge in [0.25, 0.3) is 0 Å². The fourth-order valence-electron chi connectivity index (χ4n) is 2.90. The van der Waals surface area contributed by atoms with Gasteiger partial charge < -0.3 is 0 Å². The molecule has 118 valence electrons. The maximum absolute atomic E-state index is 4.56. The van der Waals surface area contributed by atoms with E-state index in [2.05, 4.69) is 46.4 Å². The van der Waals surface area contributed by atoms with Crippen molar-refractivity contribution in [3.05, 3.63) is 107 Å². The molecule has 0 N–H and O–H groups in total. The van der Waals surface area contributed by atoms with Gasteiger partial charge in [0.1, 0.15) is 0 Å². The summed E-state index contributed by atoms with van der Waals surface area (Å²) in [7, 11) is 3.68. The molecule has 0 aliphatic heterocycles. The molecule has 0 unspecified atom stereocenters. The first-order valence-electron chi connectivity index (χ1n) is 7.99. The first-order chi connectivity index (χ1) is 11.8. The summed E-state index contributed by atoms with van der Waals surface area (Å²) in [5, 5.41) is 0. The van der Waals surface area contributed by atoms with Crippen LogP contribution in [0.15, 0.2) is 94.9 Å². The highest BCUT2D eigenvalue weighted by Crippen LogP contribution is 2.20. The lowest BCUT2D eigenvalue weighted by Gasteiger charge is -2.14. The van der Waals surface area contributed by atoms with E-state index in [9.17, 15) is 0 Å². The smallest absolute Gasteiger partial charge is 0.0722 e. The summed E-state index contributed by atoms with van der Waals surface area (Å²) in [4.78, 5) is 9.12. The summed E-state index contributed by atoms with van der Waals surface area (Å²) in [6.45, 7) is 0. The van der Waals surface area contributed by atoms with E-state index in [-0.39, 0.29) is 0 Å². The predicted octanol–water partition coefficient (Wildman–Crippen LogP) is 4.62. The first kappa shape index (κ1) is 15.9. The second-order valence-electron chi connectivity index (χ2n) is 5.42. The van der Waals surface area contributed by atoms with E-state index < -0.39 is 0 Å². The van der Waals surface area contributed by atoms with Gasteiger partial charge in [0, 0.05) is 36.3 Å². The molecule has 2 heteroatoms. The van der Waals surface area contributed by atoms with Gasteiger partial charge in [-0.1, -0.05) is 84.9 Å². The highest BCUT2D eigenvalue weighted by molar-refractivity contribution is 6.23. The second kappa shape index (κ2) is 7.51. The third-order valence-electron chi connectivity index (χ3n) is 3.98. The molecule has 24 heavy (non-hydrogen) atoms. The van der Waals surface area contributed by atoms with Gasteiger partial charge in [-0.15, -0.1) is 0 Å². The quantitative estimate of drug-likeness (QED) is 0.628. The molecule has 0 spiro atoms. The van der Waals surface area contributed by atoms with Gasteiger partial charge in [0.05, 0.1) is 11.4 Å². The van der Waals surface area contributed by atoms with Gasteiger partial charge in [-0.05, 0) is 0 Å². The summed E-state index contributed by atoms with van der Waals surface area (Å²) in [6, 6.07) is 28.9. The molecule has 3 aromatic carbocycles. The number of rotatable bonds is 4. The zero-order valence-electron chi connectivity index (χ0n) is 14.0. The average Bonchev–Trinajstić information content (AvgIpc) is 2.66. The Kier molecular flexibility index (Phi) is 4.97. The van der Waals surface area contributed by atoms with Crippen molar-refractivity contribution >= 4 is 11.4 Å². The van der Waals surface area contributed by atoms with Crippen LogP contribution in [-0.4, -0.2) is 25.5 Å². The second-order valence-corrected chi connectivity index (χ2v) is 5.42. The predicted molar refractivity (Wildman–Crippen MR) is 102 cm³/mol. The van der Waals surface area contributed by atoms with Crippen molar-refractivity contribution in [3.63, 3.8) is 0 Å². The Labute approximate surface area is 143 Å². The van der Waals surface area contributed by atoms with Crippen LogP contribution in [0.3, 0.4) is 0 Å². The van der Waals surface area contributed by atoms with E-state index in [1.165, 1.54) is 0 Å². The largest absolute Gasteiger partial charge is 0.287 e. The van der Waals surface area contributed by atoms with E-state index >= 15 is 0 Å². The van der Waals surface area contributed by atoms with Crippen molar-refractivity contribution in [2.24, 2.45) is 9.98 Å². The summed E-state index contributed by atoms with van der Waals surface area (Å²) in [6.07, 6.45) is 0. The molecule has 0 aromatic heterocycles. The third-order valence-corrected chi connectivity index (χ3v) is 3.98. The average molecular weight is 312 g/mol. The summed E-state index contributed by atoms with van der Waals surface area (Å²) in [5.41, 5.74) is 6.35. The fourth-order valence-corrected chi connectivity index (χ4v) is 2.90. The van der Waals surface area contributed by atoms with E-state index in [1.54, 1.807) is 0 Å². The van der Waals surface area contributed by atoms with Crippen LogP contribution in [0.2, 0.25) is 0 Å². The molecule has 3 aromatic rings. The third kappa shape index (κ3) is 3.18. The molecule has 0 aliphatic carbocycles. The van der Waals surface area contributed by atoms with Crippen LogP contribution in [-0.2, 0) is 0 Å².